The van der Waals surface area contributed by atoms with Gasteiger partial charge in [-0.15, -0.1) is 11.3 Å². The average molecular weight is 481 g/mol. The number of nitrogens with zero attached hydrogens (tertiary/aromatic N) is 2. The fourth-order valence-electron chi connectivity index (χ4n) is 3.63. The van der Waals surface area contributed by atoms with Crippen molar-refractivity contribution in [3.63, 3.8) is 0 Å². The zero-order valence-corrected chi connectivity index (χ0v) is 19.8. The first-order valence-corrected chi connectivity index (χ1v) is 12.8. The van der Waals surface area contributed by atoms with Crippen molar-refractivity contribution in [1.29, 1.82) is 0 Å². The fraction of sp³-hybridized carbons (Fsp3) is 0.200. The van der Waals surface area contributed by atoms with Gasteiger partial charge in [-0.25, -0.2) is 8.42 Å². The monoisotopic (exact) mass is 480 g/mol. The molecule has 1 aromatic heterocycles. The number of ketones is 1. The maximum atomic E-state index is 13.0. The molecule has 0 bridgehead atoms. The van der Waals surface area contributed by atoms with Crippen LogP contribution in [0.5, 0.6) is 0 Å². The average Bonchev–Trinajstić information content (AvgIpc) is 3.32. The molecule has 0 aliphatic carbocycles. The molecule has 3 aromatic rings. The van der Waals surface area contributed by atoms with E-state index in [1.54, 1.807) is 40.5 Å². The summed E-state index contributed by atoms with van der Waals surface area (Å²) in [7, 11) is -3.72. The molecule has 6 nitrogen and oxygen atoms in total. The van der Waals surface area contributed by atoms with E-state index in [1.165, 1.54) is 23.4 Å². The summed E-state index contributed by atoms with van der Waals surface area (Å²) in [6, 6.07) is 20.2. The van der Waals surface area contributed by atoms with Crippen molar-refractivity contribution in [2.24, 2.45) is 0 Å². The highest BCUT2D eigenvalue weighted by Crippen LogP contribution is 2.28. The van der Waals surface area contributed by atoms with Crippen molar-refractivity contribution in [2.45, 2.75) is 11.8 Å². The standard InChI is InChI=1S/C25H24N2O4S2/c1-19(28)21-8-5-9-23(18-21)33(30,31)27-16-14-26(15-17-27)25(29)13-11-22-10-12-24(32-22)20-6-3-2-4-7-20/h2-13,18H,14-17H2,1H3/b13-11+. The van der Waals surface area contributed by atoms with E-state index >= 15 is 0 Å². The molecule has 1 aliphatic rings. The third kappa shape index (κ3) is 5.30. The van der Waals surface area contributed by atoms with Gasteiger partial charge in [-0.2, -0.15) is 4.31 Å². The summed E-state index contributed by atoms with van der Waals surface area (Å²) in [4.78, 5) is 28.1. The number of hydrogen-bond acceptors (Lipinski definition) is 5. The molecular formula is C25H24N2O4S2. The molecule has 0 spiro atoms. The van der Waals surface area contributed by atoms with Crippen molar-refractivity contribution in [1.82, 2.24) is 9.21 Å². The molecular weight excluding hydrogens is 456 g/mol. The molecule has 33 heavy (non-hydrogen) atoms. The molecule has 170 valence electrons. The largest absolute Gasteiger partial charge is 0.337 e. The summed E-state index contributed by atoms with van der Waals surface area (Å²) in [6.45, 7) is 2.46. The van der Waals surface area contributed by atoms with Gasteiger partial charge < -0.3 is 4.90 Å². The van der Waals surface area contributed by atoms with E-state index in [0.29, 0.717) is 18.7 Å². The molecule has 0 unspecified atom stereocenters. The van der Waals surface area contributed by atoms with Crippen LogP contribution in [0.2, 0.25) is 0 Å². The Labute approximate surface area is 197 Å². The van der Waals surface area contributed by atoms with Crippen LogP contribution in [0.3, 0.4) is 0 Å². The zero-order valence-electron chi connectivity index (χ0n) is 18.2. The predicted molar refractivity (Wildman–Crippen MR) is 131 cm³/mol. The van der Waals surface area contributed by atoms with Crippen molar-refractivity contribution >= 4 is 39.1 Å². The van der Waals surface area contributed by atoms with Gasteiger partial charge in [0.1, 0.15) is 0 Å². The van der Waals surface area contributed by atoms with Crippen LogP contribution < -0.4 is 0 Å². The molecule has 4 rings (SSSR count). The Bertz CT molecular complexity index is 1290. The van der Waals surface area contributed by atoms with Gasteiger partial charge >= 0.3 is 0 Å². The first-order chi connectivity index (χ1) is 15.8. The first-order valence-electron chi connectivity index (χ1n) is 10.6. The lowest BCUT2D eigenvalue weighted by molar-refractivity contribution is -0.127. The number of rotatable bonds is 6. The third-order valence-electron chi connectivity index (χ3n) is 5.50. The van der Waals surface area contributed by atoms with Crippen LogP contribution in [0, 0.1) is 0 Å². The number of carbonyl (C=O) groups excluding carboxylic acids is 2. The van der Waals surface area contributed by atoms with Gasteiger partial charge in [0.05, 0.1) is 4.90 Å². The fourth-order valence-corrected chi connectivity index (χ4v) is 6.02. The maximum absolute atomic E-state index is 13.0. The maximum Gasteiger partial charge on any atom is 0.246 e. The van der Waals surface area contributed by atoms with Gasteiger partial charge in [0.15, 0.2) is 5.78 Å². The summed E-state index contributed by atoms with van der Waals surface area (Å²) >= 11 is 1.61. The van der Waals surface area contributed by atoms with Crippen molar-refractivity contribution in [3.8, 4) is 10.4 Å². The zero-order chi connectivity index (χ0) is 23.4. The molecule has 0 N–H and O–H groups in total. The van der Waals surface area contributed by atoms with Gasteiger partial charge in [-0.1, -0.05) is 42.5 Å². The van der Waals surface area contributed by atoms with Crippen LogP contribution in [0.1, 0.15) is 22.2 Å². The third-order valence-corrected chi connectivity index (χ3v) is 8.50. The molecule has 8 heteroatoms. The van der Waals surface area contributed by atoms with Crippen LogP contribution in [-0.4, -0.2) is 55.5 Å². The van der Waals surface area contributed by atoms with Crippen LogP contribution >= 0.6 is 11.3 Å². The highest BCUT2D eigenvalue weighted by Gasteiger charge is 2.29. The summed E-state index contributed by atoms with van der Waals surface area (Å²) in [6.07, 6.45) is 3.34. The SMILES string of the molecule is CC(=O)c1cccc(S(=O)(=O)N2CCN(C(=O)/C=C/c3ccc(-c4ccccc4)s3)CC2)c1. The van der Waals surface area contributed by atoms with Gasteiger partial charge in [-0.3, -0.25) is 9.59 Å². The van der Waals surface area contributed by atoms with Crippen molar-refractivity contribution < 1.29 is 18.0 Å². The van der Waals surface area contributed by atoms with Gasteiger partial charge in [-0.05, 0) is 42.8 Å². The second-order valence-corrected chi connectivity index (χ2v) is 10.8. The number of Topliss-reactive ketones (excluding diaryl/α,β-unsaturated/α-hetero) is 1. The Morgan fingerprint density at radius 2 is 1.64 bits per heavy atom. The first kappa shape index (κ1) is 23.1. The summed E-state index contributed by atoms with van der Waals surface area (Å²) in [5, 5.41) is 0. The minimum absolute atomic E-state index is 0.0989. The minimum Gasteiger partial charge on any atom is -0.337 e. The van der Waals surface area contributed by atoms with E-state index in [1.807, 2.05) is 42.5 Å². The smallest absolute Gasteiger partial charge is 0.246 e. The van der Waals surface area contributed by atoms with E-state index in [2.05, 4.69) is 0 Å². The van der Waals surface area contributed by atoms with Crippen molar-refractivity contribution in [3.05, 3.63) is 83.2 Å². The normalized spacial score (nSPS) is 15.1. The number of hydrogen-bond donors (Lipinski definition) is 0. The number of piperazine rings is 1. The minimum atomic E-state index is -3.72. The van der Waals surface area contributed by atoms with E-state index in [0.717, 1.165) is 15.3 Å². The molecule has 1 aliphatic heterocycles. The quantitative estimate of drug-likeness (QED) is 0.392. The van der Waals surface area contributed by atoms with E-state index < -0.39 is 10.0 Å². The van der Waals surface area contributed by atoms with Crippen LogP contribution in [0.25, 0.3) is 16.5 Å². The topological polar surface area (TPSA) is 74.8 Å². The molecule has 1 saturated heterocycles. The van der Waals surface area contributed by atoms with Gasteiger partial charge in [0.25, 0.3) is 0 Å². The molecule has 0 saturated carbocycles. The molecule has 0 radical (unpaired) electrons. The Hall–Kier alpha value is -3.07. The van der Waals surface area contributed by atoms with E-state index in [-0.39, 0.29) is 29.7 Å². The molecule has 0 atom stereocenters. The highest BCUT2D eigenvalue weighted by atomic mass is 32.2. The van der Waals surface area contributed by atoms with Crippen LogP contribution in [-0.2, 0) is 14.8 Å². The lowest BCUT2D eigenvalue weighted by atomic mass is 10.2. The summed E-state index contributed by atoms with van der Waals surface area (Å²) in [5.74, 6) is -0.323. The van der Waals surface area contributed by atoms with Crippen LogP contribution in [0.15, 0.2) is 77.7 Å². The Kier molecular flexibility index (Phi) is 6.88. The second kappa shape index (κ2) is 9.82. The molecule has 1 fully saturated rings. The lowest BCUT2D eigenvalue weighted by Crippen LogP contribution is -2.50. The number of sulfonamides is 1. The Balaban J connectivity index is 1.37. The van der Waals surface area contributed by atoms with E-state index in [4.69, 9.17) is 0 Å². The van der Waals surface area contributed by atoms with Crippen LogP contribution in [0.4, 0.5) is 0 Å². The number of thiophene rings is 1. The van der Waals surface area contributed by atoms with E-state index in [9.17, 15) is 18.0 Å². The molecule has 2 heterocycles. The van der Waals surface area contributed by atoms with Gasteiger partial charge in [0, 0.05) is 47.6 Å². The van der Waals surface area contributed by atoms with Gasteiger partial charge in [0.2, 0.25) is 15.9 Å². The number of benzene rings is 2. The lowest BCUT2D eigenvalue weighted by Gasteiger charge is -2.33. The summed E-state index contributed by atoms with van der Waals surface area (Å²) in [5.41, 5.74) is 1.50. The molecule has 1 amide bonds. The van der Waals surface area contributed by atoms with Crippen molar-refractivity contribution in [2.75, 3.05) is 26.2 Å². The molecule has 2 aromatic carbocycles. The Morgan fingerprint density at radius 3 is 2.33 bits per heavy atom. The second-order valence-electron chi connectivity index (χ2n) is 7.71. The number of carbonyl (C=O) groups is 2. The summed E-state index contributed by atoms with van der Waals surface area (Å²) < 4.78 is 27.3. The predicted octanol–water partition coefficient (Wildman–Crippen LogP) is 4.16. The highest BCUT2D eigenvalue weighted by molar-refractivity contribution is 7.89. The Morgan fingerprint density at radius 1 is 0.909 bits per heavy atom. The number of amides is 1.